The molecule has 1 aliphatic rings. The van der Waals surface area contributed by atoms with Crippen molar-refractivity contribution in [3.63, 3.8) is 0 Å². The summed E-state index contributed by atoms with van der Waals surface area (Å²) in [4.78, 5) is 0. The normalized spacial score (nSPS) is 25.6. The zero-order valence-corrected chi connectivity index (χ0v) is 10.5. The van der Waals surface area contributed by atoms with Crippen LogP contribution in [0, 0.1) is 15.4 Å². The molecule has 0 N–H and O–H groups in total. The molecule has 1 saturated carbocycles. The van der Waals surface area contributed by atoms with Crippen molar-refractivity contribution in [2.45, 2.75) is 19.8 Å². The summed E-state index contributed by atoms with van der Waals surface area (Å²) in [5.41, 5.74) is 0. The van der Waals surface area contributed by atoms with Gasteiger partial charge in [-0.05, 0) is 59.4 Å². The third kappa shape index (κ3) is 2.41. The standard InChI is InChI=1S/C12H15IO/c1-9-6-10(7-9)8-14-12-5-3-2-4-11(12)13/h2-5,9-10H,6-8H2,1H3. The fourth-order valence-electron chi connectivity index (χ4n) is 1.97. The maximum absolute atomic E-state index is 5.78. The fraction of sp³-hybridized carbons (Fsp3) is 0.500. The molecule has 0 heterocycles. The lowest BCUT2D eigenvalue weighted by atomic mass is 9.77. The summed E-state index contributed by atoms with van der Waals surface area (Å²) < 4.78 is 6.99. The molecule has 0 unspecified atom stereocenters. The molecule has 2 rings (SSSR count). The Hall–Kier alpha value is -0.250. The first-order valence-corrected chi connectivity index (χ1v) is 6.21. The molecule has 0 radical (unpaired) electrons. The minimum absolute atomic E-state index is 0.793. The highest BCUT2D eigenvalue weighted by Gasteiger charge is 2.25. The van der Waals surface area contributed by atoms with Gasteiger partial charge in [0.05, 0.1) is 10.2 Å². The molecule has 0 aliphatic heterocycles. The Morgan fingerprint density at radius 3 is 2.71 bits per heavy atom. The Balaban J connectivity index is 1.83. The van der Waals surface area contributed by atoms with Crippen LogP contribution in [-0.2, 0) is 0 Å². The van der Waals surface area contributed by atoms with Crippen LogP contribution in [0.2, 0.25) is 0 Å². The largest absolute Gasteiger partial charge is 0.492 e. The molecule has 1 nitrogen and oxygen atoms in total. The monoisotopic (exact) mass is 302 g/mol. The van der Waals surface area contributed by atoms with Gasteiger partial charge >= 0.3 is 0 Å². The van der Waals surface area contributed by atoms with Crippen LogP contribution in [-0.4, -0.2) is 6.61 Å². The van der Waals surface area contributed by atoms with Crippen molar-refractivity contribution in [2.24, 2.45) is 11.8 Å². The van der Waals surface area contributed by atoms with Crippen molar-refractivity contribution in [1.29, 1.82) is 0 Å². The molecule has 0 atom stereocenters. The third-order valence-electron chi connectivity index (χ3n) is 2.78. The zero-order valence-electron chi connectivity index (χ0n) is 8.37. The molecule has 0 saturated heterocycles. The van der Waals surface area contributed by atoms with Gasteiger partial charge < -0.3 is 4.74 Å². The molecule has 2 heteroatoms. The SMILES string of the molecule is CC1CC(COc2ccccc2I)C1. The average Bonchev–Trinajstić information content (AvgIpc) is 2.13. The molecule has 1 aliphatic carbocycles. The minimum atomic E-state index is 0.793. The fourth-order valence-corrected chi connectivity index (χ4v) is 2.52. The van der Waals surface area contributed by atoms with Crippen LogP contribution in [0.1, 0.15) is 19.8 Å². The van der Waals surface area contributed by atoms with Gasteiger partial charge in [-0.3, -0.25) is 0 Å². The lowest BCUT2D eigenvalue weighted by Crippen LogP contribution is -2.26. The van der Waals surface area contributed by atoms with Crippen LogP contribution in [0.3, 0.4) is 0 Å². The van der Waals surface area contributed by atoms with Crippen LogP contribution in [0.15, 0.2) is 24.3 Å². The topological polar surface area (TPSA) is 9.23 Å². The van der Waals surface area contributed by atoms with Crippen LogP contribution < -0.4 is 4.74 Å². The van der Waals surface area contributed by atoms with Crippen LogP contribution >= 0.6 is 22.6 Å². The Kier molecular flexibility index (Phi) is 3.31. The van der Waals surface area contributed by atoms with E-state index >= 15 is 0 Å². The van der Waals surface area contributed by atoms with Crippen LogP contribution in [0.25, 0.3) is 0 Å². The first-order valence-electron chi connectivity index (χ1n) is 5.13. The van der Waals surface area contributed by atoms with E-state index in [0.29, 0.717) is 0 Å². The summed E-state index contributed by atoms with van der Waals surface area (Å²) in [5, 5.41) is 0. The van der Waals surface area contributed by atoms with Crippen molar-refractivity contribution < 1.29 is 4.74 Å². The molecular weight excluding hydrogens is 287 g/mol. The van der Waals surface area contributed by atoms with E-state index in [0.717, 1.165) is 24.2 Å². The predicted octanol–water partition coefficient (Wildman–Crippen LogP) is 3.72. The number of ether oxygens (including phenoxy) is 1. The average molecular weight is 302 g/mol. The molecule has 1 aromatic rings. The maximum Gasteiger partial charge on any atom is 0.132 e. The van der Waals surface area contributed by atoms with Gasteiger partial charge in [-0.1, -0.05) is 19.1 Å². The highest BCUT2D eigenvalue weighted by Crippen LogP contribution is 2.33. The van der Waals surface area contributed by atoms with Crippen molar-refractivity contribution in [2.75, 3.05) is 6.61 Å². The van der Waals surface area contributed by atoms with Gasteiger partial charge in [-0.25, -0.2) is 0 Å². The zero-order chi connectivity index (χ0) is 9.97. The van der Waals surface area contributed by atoms with E-state index in [9.17, 15) is 0 Å². The van der Waals surface area contributed by atoms with E-state index in [1.807, 2.05) is 18.2 Å². The van der Waals surface area contributed by atoms with Gasteiger partial charge in [-0.15, -0.1) is 0 Å². The van der Waals surface area contributed by atoms with Gasteiger partial charge in [0.15, 0.2) is 0 Å². The lowest BCUT2D eigenvalue weighted by Gasteiger charge is -2.32. The summed E-state index contributed by atoms with van der Waals surface area (Å²) in [7, 11) is 0. The summed E-state index contributed by atoms with van der Waals surface area (Å²) in [6.07, 6.45) is 2.67. The second kappa shape index (κ2) is 4.51. The smallest absolute Gasteiger partial charge is 0.132 e. The molecule has 76 valence electrons. The van der Waals surface area contributed by atoms with Gasteiger partial charge in [0.25, 0.3) is 0 Å². The van der Waals surface area contributed by atoms with Crippen LogP contribution in [0.5, 0.6) is 5.75 Å². The van der Waals surface area contributed by atoms with Gasteiger partial charge in [-0.2, -0.15) is 0 Å². The number of benzene rings is 1. The van der Waals surface area contributed by atoms with E-state index in [1.165, 1.54) is 16.4 Å². The molecule has 0 spiro atoms. The summed E-state index contributed by atoms with van der Waals surface area (Å²) >= 11 is 2.32. The summed E-state index contributed by atoms with van der Waals surface area (Å²) in [6, 6.07) is 8.20. The number of rotatable bonds is 3. The second-order valence-electron chi connectivity index (χ2n) is 4.18. The quantitative estimate of drug-likeness (QED) is 0.773. The van der Waals surface area contributed by atoms with Crippen molar-refractivity contribution in [3.05, 3.63) is 27.8 Å². The van der Waals surface area contributed by atoms with Crippen LogP contribution in [0.4, 0.5) is 0 Å². The highest BCUT2D eigenvalue weighted by atomic mass is 127. The highest BCUT2D eigenvalue weighted by molar-refractivity contribution is 14.1. The minimum Gasteiger partial charge on any atom is -0.492 e. The third-order valence-corrected chi connectivity index (χ3v) is 3.67. The molecule has 1 aromatic carbocycles. The van der Waals surface area contributed by atoms with E-state index in [2.05, 4.69) is 35.6 Å². The summed E-state index contributed by atoms with van der Waals surface area (Å²) in [6.45, 7) is 3.20. The first kappa shape index (κ1) is 10.3. The molecule has 14 heavy (non-hydrogen) atoms. The Labute approximate surface area is 99.0 Å². The van der Waals surface area contributed by atoms with E-state index in [4.69, 9.17) is 4.74 Å². The predicted molar refractivity (Wildman–Crippen MR) is 66.5 cm³/mol. The van der Waals surface area contributed by atoms with Gasteiger partial charge in [0.2, 0.25) is 0 Å². The van der Waals surface area contributed by atoms with Crippen molar-refractivity contribution in [1.82, 2.24) is 0 Å². The van der Waals surface area contributed by atoms with E-state index in [-0.39, 0.29) is 0 Å². The number of para-hydroxylation sites is 1. The second-order valence-corrected chi connectivity index (χ2v) is 5.35. The number of hydrogen-bond donors (Lipinski definition) is 0. The Morgan fingerprint density at radius 1 is 1.36 bits per heavy atom. The molecule has 0 amide bonds. The van der Waals surface area contributed by atoms with Gasteiger partial charge in [0.1, 0.15) is 5.75 Å². The van der Waals surface area contributed by atoms with E-state index < -0.39 is 0 Å². The van der Waals surface area contributed by atoms with E-state index in [1.54, 1.807) is 0 Å². The molecule has 0 bridgehead atoms. The molecular formula is C12H15IO. The summed E-state index contributed by atoms with van der Waals surface area (Å²) in [5.74, 6) is 2.74. The molecule has 1 fully saturated rings. The lowest BCUT2D eigenvalue weighted by molar-refractivity contribution is 0.130. The van der Waals surface area contributed by atoms with Gasteiger partial charge in [0, 0.05) is 0 Å². The Bertz CT molecular complexity index is 305. The Morgan fingerprint density at radius 2 is 2.07 bits per heavy atom. The number of hydrogen-bond acceptors (Lipinski definition) is 1. The van der Waals surface area contributed by atoms with Crippen molar-refractivity contribution >= 4 is 22.6 Å². The maximum atomic E-state index is 5.78. The number of halogens is 1. The van der Waals surface area contributed by atoms with Crippen molar-refractivity contribution in [3.8, 4) is 5.75 Å². The first-order chi connectivity index (χ1) is 6.75. The molecule has 0 aromatic heterocycles.